The van der Waals surface area contributed by atoms with Gasteiger partial charge in [0, 0.05) is 11.8 Å². The number of rotatable bonds is 3. The van der Waals surface area contributed by atoms with Gasteiger partial charge in [-0.05, 0) is 23.6 Å². The Bertz CT molecular complexity index is 963. The maximum atomic E-state index is 12.2. The van der Waals surface area contributed by atoms with E-state index in [2.05, 4.69) is 10.3 Å². The van der Waals surface area contributed by atoms with E-state index in [0.29, 0.717) is 27.4 Å². The highest BCUT2D eigenvalue weighted by atomic mass is 32.1. The molecule has 0 radical (unpaired) electrons. The zero-order chi connectivity index (χ0) is 15.8. The summed E-state index contributed by atoms with van der Waals surface area (Å²) < 4.78 is 11.8. The van der Waals surface area contributed by atoms with Gasteiger partial charge in [-0.1, -0.05) is 0 Å². The largest absolute Gasteiger partial charge is 0.454 e. The summed E-state index contributed by atoms with van der Waals surface area (Å²) in [6, 6.07) is 6.84. The van der Waals surface area contributed by atoms with Gasteiger partial charge in [0.25, 0.3) is 5.56 Å². The van der Waals surface area contributed by atoms with E-state index in [1.807, 2.05) is 0 Å². The van der Waals surface area contributed by atoms with Crippen LogP contribution in [-0.2, 0) is 11.3 Å². The van der Waals surface area contributed by atoms with Crippen molar-refractivity contribution in [1.82, 2.24) is 9.55 Å². The maximum Gasteiger partial charge on any atom is 0.262 e. The van der Waals surface area contributed by atoms with Gasteiger partial charge in [0.15, 0.2) is 11.5 Å². The summed E-state index contributed by atoms with van der Waals surface area (Å²) in [6.07, 6.45) is 1.39. The minimum Gasteiger partial charge on any atom is -0.454 e. The molecule has 23 heavy (non-hydrogen) atoms. The standard InChI is InChI=1S/C15H11N3O4S/c19-13(17-9-1-2-11-12(5-9)22-8-21-11)6-18-7-16-14-10(15(18)20)3-4-23-14/h1-5,7H,6,8H2,(H,17,19). The Labute approximate surface area is 134 Å². The second-order valence-electron chi connectivity index (χ2n) is 4.93. The maximum absolute atomic E-state index is 12.2. The van der Waals surface area contributed by atoms with Gasteiger partial charge in [0.1, 0.15) is 11.4 Å². The molecule has 0 spiro atoms. The summed E-state index contributed by atoms with van der Waals surface area (Å²) in [5, 5.41) is 5.05. The van der Waals surface area contributed by atoms with Crippen LogP contribution in [0.2, 0.25) is 0 Å². The van der Waals surface area contributed by atoms with Crippen molar-refractivity contribution < 1.29 is 14.3 Å². The number of hydrogen-bond donors (Lipinski definition) is 1. The number of amides is 1. The van der Waals surface area contributed by atoms with Crippen LogP contribution in [0.4, 0.5) is 5.69 Å². The highest BCUT2D eigenvalue weighted by Gasteiger charge is 2.14. The van der Waals surface area contributed by atoms with Crippen molar-refractivity contribution in [1.29, 1.82) is 0 Å². The number of carbonyl (C=O) groups is 1. The molecule has 0 atom stereocenters. The second-order valence-corrected chi connectivity index (χ2v) is 5.83. The number of fused-ring (bicyclic) bond motifs is 2. The summed E-state index contributed by atoms with van der Waals surface area (Å²) in [6.45, 7) is 0.0700. The first-order chi connectivity index (χ1) is 11.2. The first-order valence-corrected chi connectivity index (χ1v) is 7.71. The predicted molar refractivity (Wildman–Crippen MR) is 85.1 cm³/mol. The van der Waals surface area contributed by atoms with E-state index in [1.54, 1.807) is 29.6 Å². The molecule has 8 heteroatoms. The Balaban J connectivity index is 1.53. The van der Waals surface area contributed by atoms with E-state index in [-0.39, 0.29) is 24.8 Å². The number of thiophene rings is 1. The first-order valence-electron chi connectivity index (χ1n) is 6.83. The summed E-state index contributed by atoms with van der Waals surface area (Å²) >= 11 is 1.39. The molecule has 3 aromatic rings. The van der Waals surface area contributed by atoms with E-state index in [9.17, 15) is 9.59 Å². The molecule has 3 heterocycles. The van der Waals surface area contributed by atoms with Crippen molar-refractivity contribution >= 4 is 33.1 Å². The Morgan fingerprint density at radius 3 is 3.09 bits per heavy atom. The van der Waals surface area contributed by atoms with Crippen LogP contribution in [0.1, 0.15) is 0 Å². The fourth-order valence-corrected chi connectivity index (χ4v) is 3.06. The molecule has 0 bridgehead atoms. The lowest BCUT2D eigenvalue weighted by Gasteiger charge is -2.07. The predicted octanol–water partition coefficient (Wildman–Crippen LogP) is 1.83. The normalized spacial score (nSPS) is 12.5. The summed E-state index contributed by atoms with van der Waals surface area (Å²) in [7, 11) is 0. The number of aromatic nitrogens is 2. The van der Waals surface area contributed by atoms with Crippen molar-refractivity contribution in [3.8, 4) is 11.5 Å². The third-order valence-electron chi connectivity index (χ3n) is 3.42. The Kier molecular flexibility index (Phi) is 3.23. The third kappa shape index (κ3) is 2.53. The Morgan fingerprint density at radius 1 is 1.30 bits per heavy atom. The molecule has 116 valence electrons. The minimum absolute atomic E-state index is 0.105. The van der Waals surface area contributed by atoms with Gasteiger partial charge in [-0.25, -0.2) is 4.98 Å². The molecule has 0 saturated carbocycles. The van der Waals surface area contributed by atoms with Crippen molar-refractivity contribution in [2.24, 2.45) is 0 Å². The highest BCUT2D eigenvalue weighted by Crippen LogP contribution is 2.34. The fraction of sp³-hybridized carbons (Fsp3) is 0.133. The molecule has 1 amide bonds. The molecule has 0 unspecified atom stereocenters. The van der Waals surface area contributed by atoms with Gasteiger partial charge < -0.3 is 14.8 Å². The number of nitrogens with zero attached hydrogens (tertiary/aromatic N) is 2. The molecule has 0 fully saturated rings. The lowest BCUT2D eigenvalue weighted by Crippen LogP contribution is -2.27. The fourth-order valence-electron chi connectivity index (χ4n) is 2.34. The molecule has 7 nitrogen and oxygen atoms in total. The number of benzene rings is 1. The zero-order valence-electron chi connectivity index (χ0n) is 11.8. The van der Waals surface area contributed by atoms with Crippen molar-refractivity contribution in [3.05, 3.63) is 46.3 Å². The molecule has 2 aromatic heterocycles. The smallest absolute Gasteiger partial charge is 0.262 e. The van der Waals surface area contributed by atoms with Crippen molar-refractivity contribution in [2.45, 2.75) is 6.54 Å². The average molecular weight is 329 g/mol. The topological polar surface area (TPSA) is 82.5 Å². The zero-order valence-corrected chi connectivity index (χ0v) is 12.6. The van der Waals surface area contributed by atoms with Crippen molar-refractivity contribution in [2.75, 3.05) is 12.1 Å². The molecular formula is C15H11N3O4S. The summed E-state index contributed by atoms with van der Waals surface area (Å²) in [4.78, 5) is 29.2. The molecular weight excluding hydrogens is 318 g/mol. The number of ether oxygens (including phenoxy) is 2. The quantitative estimate of drug-likeness (QED) is 0.792. The van der Waals surface area contributed by atoms with E-state index < -0.39 is 0 Å². The van der Waals surface area contributed by atoms with Crippen LogP contribution in [0.5, 0.6) is 11.5 Å². The van der Waals surface area contributed by atoms with Gasteiger partial charge in [0.2, 0.25) is 12.7 Å². The van der Waals surface area contributed by atoms with E-state index in [4.69, 9.17) is 9.47 Å². The lowest BCUT2D eigenvalue weighted by molar-refractivity contribution is -0.116. The van der Waals surface area contributed by atoms with Crippen LogP contribution < -0.4 is 20.3 Å². The monoisotopic (exact) mass is 329 g/mol. The molecule has 0 aliphatic carbocycles. The van der Waals surface area contributed by atoms with Crippen LogP contribution in [0.15, 0.2) is 40.8 Å². The number of nitrogens with one attached hydrogen (secondary N) is 1. The Morgan fingerprint density at radius 2 is 2.17 bits per heavy atom. The SMILES string of the molecule is O=C(Cn1cnc2sccc2c1=O)Nc1ccc2c(c1)OCO2. The molecule has 1 aliphatic heterocycles. The van der Waals surface area contributed by atoms with E-state index in [0.717, 1.165) is 0 Å². The molecule has 4 rings (SSSR count). The molecule has 1 aromatic carbocycles. The molecule has 1 N–H and O–H groups in total. The first kappa shape index (κ1) is 13.8. The van der Waals surface area contributed by atoms with Crippen molar-refractivity contribution in [3.63, 3.8) is 0 Å². The summed E-state index contributed by atoms with van der Waals surface area (Å²) in [5.74, 6) is 0.912. The van der Waals surface area contributed by atoms with Crippen LogP contribution in [0.3, 0.4) is 0 Å². The van der Waals surface area contributed by atoms with Crippen LogP contribution in [0, 0.1) is 0 Å². The van der Waals surface area contributed by atoms with Gasteiger partial charge >= 0.3 is 0 Å². The highest BCUT2D eigenvalue weighted by molar-refractivity contribution is 7.16. The van der Waals surface area contributed by atoms with Crippen LogP contribution >= 0.6 is 11.3 Å². The van der Waals surface area contributed by atoms with Gasteiger partial charge in [0.05, 0.1) is 11.7 Å². The van der Waals surface area contributed by atoms with Crippen LogP contribution in [-0.4, -0.2) is 22.3 Å². The number of carbonyl (C=O) groups excluding carboxylic acids is 1. The van der Waals surface area contributed by atoms with Gasteiger partial charge in [-0.15, -0.1) is 11.3 Å². The molecule has 0 saturated heterocycles. The third-order valence-corrected chi connectivity index (χ3v) is 4.24. The van der Waals surface area contributed by atoms with Crippen LogP contribution in [0.25, 0.3) is 10.2 Å². The van der Waals surface area contributed by atoms with E-state index in [1.165, 1.54) is 22.2 Å². The number of anilines is 1. The number of hydrogen-bond acceptors (Lipinski definition) is 6. The average Bonchev–Trinajstić information content (AvgIpc) is 3.18. The minimum atomic E-state index is -0.317. The lowest BCUT2D eigenvalue weighted by atomic mass is 10.3. The van der Waals surface area contributed by atoms with Gasteiger partial charge in [-0.2, -0.15) is 0 Å². The Hall–Kier alpha value is -2.87. The summed E-state index contributed by atoms with van der Waals surface area (Å²) in [5.41, 5.74) is 0.356. The second kappa shape index (κ2) is 5.40. The van der Waals surface area contributed by atoms with Gasteiger partial charge in [-0.3, -0.25) is 14.2 Å². The molecule has 1 aliphatic rings. The van der Waals surface area contributed by atoms with E-state index >= 15 is 0 Å².